The Balaban J connectivity index is 2.29. The first-order valence-electron chi connectivity index (χ1n) is 6.39. The van der Waals surface area contributed by atoms with E-state index in [0.29, 0.717) is 0 Å². The monoisotopic (exact) mass is 277 g/mol. The highest BCUT2D eigenvalue weighted by Crippen LogP contribution is 2.25. The molecule has 0 aliphatic carbocycles. The van der Waals surface area contributed by atoms with Crippen molar-refractivity contribution in [2.24, 2.45) is 0 Å². The SMILES string of the molecule is CNC(c1ccc(C)cc1)c1cccc(OC(F)F)c1. The summed E-state index contributed by atoms with van der Waals surface area (Å²) in [5, 5.41) is 3.19. The molecule has 0 bridgehead atoms. The van der Waals surface area contributed by atoms with Crippen molar-refractivity contribution in [2.45, 2.75) is 19.6 Å². The van der Waals surface area contributed by atoms with Gasteiger partial charge in [-0.2, -0.15) is 8.78 Å². The van der Waals surface area contributed by atoms with Crippen LogP contribution >= 0.6 is 0 Å². The van der Waals surface area contributed by atoms with Crippen molar-refractivity contribution in [3.63, 3.8) is 0 Å². The van der Waals surface area contributed by atoms with E-state index in [0.717, 1.165) is 11.1 Å². The van der Waals surface area contributed by atoms with Crippen molar-refractivity contribution in [3.8, 4) is 5.75 Å². The van der Waals surface area contributed by atoms with E-state index in [2.05, 4.69) is 10.1 Å². The van der Waals surface area contributed by atoms with Gasteiger partial charge in [-0.3, -0.25) is 0 Å². The topological polar surface area (TPSA) is 21.3 Å². The first kappa shape index (κ1) is 14.5. The number of hydrogen-bond donors (Lipinski definition) is 1. The van der Waals surface area contributed by atoms with E-state index in [9.17, 15) is 8.78 Å². The second kappa shape index (κ2) is 6.48. The molecule has 0 amide bonds. The largest absolute Gasteiger partial charge is 0.435 e. The number of aryl methyl sites for hydroxylation is 1. The van der Waals surface area contributed by atoms with Gasteiger partial charge in [-0.15, -0.1) is 0 Å². The molecule has 1 atom stereocenters. The highest BCUT2D eigenvalue weighted by atomic mass is 19.3. The molecular weight excluding hydrogens is 260 g/mol. The van der Waals surface area contributed by atoms with Crippen LogP contribution in [0.3, 0.4) is 0 Å². The predicted octanol–water partition coefficient (Wildman–Crippen LogP) is 3.91. The Hall–Kier alpha value is -1.94. The molecule has 2 aromatic carbocycles. The normalized spacial score (nSPS) is 12.4. The molecule has 2 nitrogen and oxygen atoms in total. The van der Waals surface area contributed by atoms with E-state index in [1.165, 1.54) is 11.6 Å². The van der Waals surface area contributed by atoms with E-state index in [-0.39, 0.29) is 11.8 Å². The van der Waals surface area contributed by atoms with E-state index in [1.807, 2.05) is 44.3 Å². The van der Waals surface area contributed by atoms with Crippen LogP contribution in [-0.4, -0.2) is 13.7 Å². The van der Waals surface area contributed by atoms with Gasteiger partial charge in [0, 0.05) is 0 Å². The lowest BCUT2D eigenvalue weighted by molar-refractivity contribution is -0.0498. The van der Waals surface area contributed by atoms with E-state index in [1.54, 1.807) is 12.1 Å². The molecular formula is C16H17F2NO. The Labute approximate surface area is 117 Å². The van der Waals surface area contributed by atoms with Crippen LogP contribution in [0.4, 0.5) is 8.78 Å². The predicted molar refractivity (Wildman–Crippen MR) is 75.2 cm³/mol. The molecule has 0 radical (unpaired) electrons. The van der Waals surface area contributed by atoms with Gasteiger partial charge in [0.2, 0.25) is 0 Å². The second-order valence-corrected chi connectivity index (χ2v) is 4.58. The third-order valence-electron chi connectivity index (χ3n) is 3.12. The molecule has 0 aromatic heterocycles. The van der Waals surface area contributed by atoms with Gasteiger partial charge in [0.25, 0.3) is 0 Å². The average molecular weight is 277 g/mol. The molecule has 0 saturated carbocycles. The molecule has 106 valence electrons. The van der Waals surface area contributed by atoms with Gasteiger partial charge < -0.3 is 10.1 Å². The Kier molecular flexibility index (Phi) is 4.69. The summed E-state index contributed by atoms with van der Waals surface area (Å²) in [4.78, 5) is 0. The van der Waals surface area contributed by atoms with Gasteiger partial charge in [0.05, 0.1) is 6.04 Å². The summed E-state index contributed by atoms with van der Waals surface area (Å²) < 4.78 is 29.0. The Bertz CT molecular complexity index is 555. The quantitative estimate of drug-likeness (QED) is 0.894. The fourth-order valence-electron chi connectivity index (χ4n) is 2.15. The van der Waals surface area contributed by atoms with E-state index >= 15 is 0 Å². The summed E-state index contributed by atoms with van der Waals surface area (Å²) in [6.07, 6.45) is 0. The molecule has 2 aromatic rings. The maximum absolute atomic E-state index is 12.3. The third kappa shape index (κ3) is 3.54. The van der Waals surface area contributed by atoms with Gasteiger partial charge in [0.15, 0.2) is 0 Å². The zero-order chi connectivity index (χ0) is 14.5. The van der Waals surface area contributed by atoms with Crippen LogP contribution in [0.25, 0.3) is 0 Å². The third-order valence-corrected chi connectivity index (χ3v) is 3.12. The second-order valence-electron chi connectivity index (χ2n) is 4.58. The Morgan fingerprint density at radius 3 is 2.30 bits per heavy atom. The van der Waals surface area contributed by atoms with Gasteiger partial charge in [0.1, 0.15) is 5.75 Å². The van der Waals surface area contributed by atoms with Crippen molar-refractivity contribution in [3.05, 3.63) is 65.2 Å². The number of nitrogens with one attached hydrogen (secondary N) is 1. The summed E-state index contributed by atoms with van der Waals surface area (Å²) in [5.41, 5.74) is 3.14. The lowest BCUT2D eigenvalue weighted by atomic mass is 9.98. The first-order valence-corrected chi connectivity index (χ1v) is 6.39. The fourth-order valence-corrected chi connectivity index (χ4v) is 2.15. The summed E-state index contributed by atoms with van der Waals surface area (Å²) in [7, 11) is 1.84. The number of rotatable bonds is 5. The maximum atomic E-state index is 12.3. The first-order chi connectivity index (χ1) is 9.60. The van der Waals surface area contributed by atoms with Crippen LogP contribution in [-0.2, 0) is 0 Å². The summed E-state index contributed by atoms with van der Waals surface area (Å²) in [6.45, 7) is -0.785. The Morgan fingerprint density at radius 1 is 1.00 bits per heavy atom. The smallest absolute Gasteiger partial charge is 0.387 e. The van der Waals surface area contributed by atoms with Gasteiger partial charge >= 0.3 is 6.61 Å². The molecule has 0 saturated heterocycles. The summed E-state index contributed by atoms with van der Waals surface area (Å²) >= 11 is 0. The van der Waals surface area contributed by atoms with Crippen molar-refractivity contribution in [1.29, 1.82) is 0 Å². The van der Waals surface area contributed by atoms with Crippen LogP contribution in [0.1, 0.15) is 22.7 Å². The van der Waals surface area contributed by atoms with Gasteiger partial charge in [-0.25, -0.2) is 0 Å². The van der Waals surface area contributed by atoms with E-state index in [4.69, 9.17) is 0 Å². The minimum absolute atomic E-state index is 0.0585. The van der Waals surface area contributed by atoms with Crippen molar-refractivity contribution < 1.29 is 13.5 Å². The van der Waals surface area contributed by atoms with Crippen molar-refractivity contribution in [2.75, 3.05) is 7.05 Å². The van der Waals surface area contributed by atoms with Gasteiger partial charge in [-0.1, -0.05) is 42.0 Å². The number of benzene rings is 2. The van der Waals surface area contributed by atoms with Gasteiger partial charge in [-0.05, 0) is 37.2 Å². The summed E-state index contributed by atoms with van der Waals surface area (Å²) in [6, 6.07) is 14.8. The molecule has 0 aliphatic rings. The highest BCUT2D eigenvalue weighted by molar-refractivity contribution is 5.37. The highest BCUT2D eigenvalue weighted by Gasteiger charge is 2.13. The molecule has 0 spiro atoms. The molecule has 0 heterocycles. The number of ether oxygens (including phenoxy) is 1. The summed E-state index contributed by atoms with van der Waals surface area (Å²) in [5.74, 6) is 0.171. The minimum atomic E-state index is -2.81. The lowest BCUT2D eigenvalue weighted by Gasteiger charge is -2.18. The minimum Gasteiger partial charge on any atom is -0.435 e. The van der Waals surface area contributed by atoms with Crippen LogP contribution < -0.4 is 10.1 Å². The zero-order valence-electron chi connectivity index (χ0n) is 11.4. The molecule has 1 unspecified atom stereocenters. The lowest BCUT2D eigenvalue weighted by Crippen LogP contribution is -2.17. The van der Waals surface area contributed by atoms with Crippen LogP contribution in [0.15, 0.2) is 48.5 Å². The molecule has 20 heavy (non-hydrogen) atoms. The van der Waals surface area contributed by atoms with E-state index < -0.39 is 6.61 Å². The molecule has 0 aliphatic heterocycles. The van der Waals surface area contributed by atoms with Crippen molar-refractivity contribution >= 4 is 0 Å². The maximum Gasteiger partial charge on any atom is 0.387 e. The number of hydrogen-bond acceptors (Lipinski definition) is 2. The standard InChI is InChI=1S/C16H17F2NO/c1-11-6-8-12(9-7-11)15(19-2)13-4-3-5-14(10-13)20-16(17)18/h3-10,15-16,19H,1-2H3. The zero-order valence-corrected chi connectivity index (χ0v) is 11.4. The van der Waals surface area contributed by atoms with Crippen LogP contribution in [0.2, 0.25) is 0 Å². The fraction of sp³-hybridized carbons (Fsp3) is 0.250. The molecule has 0 fully saturated rings. The number of halogens is 2. The Morgan fingerprint density at radius 2 is 1.70 bits per heavy atom. The number of alkyl halides is 2. The van der Waals surface area contributed by atoms with Crippen LogP contribution in [0.5, 0.6) is 5.75 Å². The molecule has 4 heteroatoms. The van der Waals surface area contributed by atoms with Crippen LogP contribution in [0, 0.1) is 6.92 Å². The molecule has 2 rings (SSSR count). The van der Waals surface area contributed by atoms with Crippen molar-refractivity contribution in [1.82, 2.24) is 5.32 Å². The average Bonchev–Trinajstić information content (AvgIpc) is 2.41. The molecule has 1 N–H and O–H groups in total.